The third-order valence-corrected chi connectivity index (χ3v) is 1.33. The second-order valence-corrected chi connectivity index (χ2v) is 2.36. The van der Waals surface area contributed by atoms with Gasteiger partial charge in [0.2, 0.25) is 0 Å². The Bertz CT molecular complexity index is 298. The normalized spacial score (nSPS) is 9.08. The van der Waals surface area contributed by atoms with E-state index in [1.54, 1.807) is 0 Å². The van der Waals surface area contributed by atoms with Crippen molar-refractivity contribution in [3.63, 3.8) is 0 Å². The molecule has 0 saturated heterocycles. The molecule has 4 nitrogen and oxygen atoms in total. The summed E-state index contributed by atoms with van der Waals surface area (Å²) in [5, 5.41) is 8.78. The van der Waals surface area contributed by atoms with Crippen molar-refractivity contribution in [3.8, 4) is 11.5 Å². The number of phenols is 1. The van der Waals surface area contributed by atoms with Gasteiger partial charge in [0.1, 0.15) is 22.5 Å². The summed E-state index contributed by atoms with van der Waals surface area (Å²) in [6, 6.07) is 5.38. The predicted molar refractivity (Wildman–Crippen MR) is 37.5 cm³/mol. The summed E-state index contributed by atoms with van der Waals surface area (Å²) in [6.07, 6.45) is 0. The molecule has 60 valence electrons. The monoisotopic (exact) mass is 212 g/mol. The summed E-state index contributed by atoms with van der Waals surface area (Å²) in [5.74, 6) is 0.241. The van der Waals surface area contributed by atoms with Crippen molar-refractivity contribution in [1.29, 1.82) is 0 Å². The average molecular weight is 212 g/mol. The fourth-order valence-electron chi connectivity index (χ4n) is 0.580. The van der Waals surface area contributed by atoms with Crippen molar-refractivity contribution >= 4 is 11.0 Å². The standard InChI is InChI=1S/C6H5O4S.K/c7-5-1-3-6(4-2-5)10-11(8)9;/h1-4,7H;/q-1;+1. The Labute approximate surface area is 114 Å². The fraction of sp³-hybridized carbons (Fsp3) is 0. The molecule has 0 aromatic heterocycles. The minimum atomic E-state index is -2.55. The van der Waals surface area contributed by atoms with Crippen LogP contribution < -0.4 is 55.6 Å². The van der Waals surface area contributed by atoms with Crippen LogP contribution in [0.15, 0.2) is 24.3 Å². The molecule has 0 saturated carbocycles. The predicted octanol–water partition coefficient (Wildman–Crippen LogP) is -2.00. The Kier molecular flexibility index (Phi) is 6.15. The van der Waals surface area contributed by atoms with E-state index in [9.17, 15) is 8.42 Å². The molecule has 1 aromatic rings. The van der Waals surface area contributed by atoms with Crippen LogP contribution in [0.3, 0.4) is 0 Å². The van der Waals surface area contributed by atoms with Gasteiger partial charge in [0.25, 0.3) is 0 Å². The maximum absolute atomic E-state index is 9.97. The third kappa shape index (κ3) is 4.44. The topological polar surface area (TPSA) is 63.6 Å². The first kappa shape index (κ1) is 12.4. The third-order valence-electron chi connectivity index (χ3n) is 1.00. The number of rotatable bonds is 2. The number of aromatic hydroxyl groups is 1. The van der Waals surface area contributed by atoms with Gasteiger partial charge in [-0.15, -0.1) is 0 Å². The zero-order chi connectivity index (χ0) is 8.27. The summed E-state index contributed by atoms with van der Waals surface area (Å²) in [5.41, 5.74) is 0. The molecule has 0 atom stereocenters. The summed E-state index contributed by atoms with van der Waals surface area (Å²) in [4.78, 5) is 0. The molecule has 0 radical (unpaired) electrons. The molecule has 0 spiro atoms. The second kappa shape index (κ2) is 5.95. The van der Waals surface area contributed by atoms with E-state index in [4.69, 9.17) is 5.11 Å². The van der Waals surface area contributed by atoms with Gasteiger partial charge in [0, 0.05) is 0 Å². The second-order valence-electron chi connectivity index (χ2n) is 1.78. The zero-order valence-corrected chi connectivity index (χ0v) is 10.3. The van der Waals surface area contributed by atoms with Crippen LogP contribution in [0.2, 0.25) is 0 Å². The van der Waals surface area contributed by atoms with Crippen LogP contribution in [0.25, 0.3) is 0 Å². The van der Waals surface area contributed by atoms with Gasteiger partial charge < -0.3 is 17.7 Å². The molecule has 6 heteroatoms. The maximum Gasteiger partial charge on any atom is 1.00 e. The summed E-state index contributed by atoms with van der Waals surface area (Å²) < 4.78 is 24.2. The van der Waals surface area contributed by atoms with Crippen molar-refractivity contribution in [1.82, 2.24) is 0 Å². The maximum atomic E-state index is 9.97. The molecular weight excluding hydrogens is 207 g/mol. The first-order chi connectivity index (χ1) is 5.18. The quantitative estimate of drug-likeness (QED) is 0.455. The van der Waals surface area contributed by atoms with Gasteiger partial charge in [-0.05, 0) is 24.3 Å². The molecule has 0 aliphatic rings. The van der Waals surface area contributed by atoms with Gasteiger partial charge >= 0.3 is 51.4 Å². The van der Waals surface area contributed by atoms with E-state index in [0.29, 0.717) is 0 Å². The summed E-state index contributed by atoms with van der Waals surface area (Å²) in [6.45, 7) is 0. The molecule has 0 aliphatic heterocycles. The van der Waals surface area contributed by atoms with Crippen LogP contribution in [0.4, 0.5) is 0 Å². The average Bonchev–Trinajstić information content (AvgIpc) is 1.93. The summed E-state index contributed by atoms with van der Waals surface area (Å²) >= 11 is 0. The molecule has 1 aromatic carbocycles. The number of hydrogen-bond donors (Lipinski definition) is 1. The molecule has 0 amide bonds. The van der Waals surface area contributed by atoms with Crippen LogP contribution in [-0.4, -0.2) is 5.11 Å². The molecular formula is C6H5KO4S. The van der Waals surface area contributed by atoms with Gasteiger partial charge in [0.05, 0.1) is 0 Å². The van der Waals surface area contributed by atoms with E-state index in [1.807, 2.05) is 0 Å². The molecule has 0 bridgehead atoms. The number of phenolic OH excluding ortho intramolecular Hbond substituents is 1. The molecule has 12 heavy (non-hydrogen) atoms. The van der Waals surface area contributed by atoms with Crippen LogP contribution in [0, 0.1) is 0 Å². The van der Waals surface area contributed by atoms with E-state index in [0.717, 1.165) is 0 Å². The Morgan fingerprint density at radius 2 is 1.67 bits per heavy atom. The Balaban J connectivity index is 0.00000121. The zero-order valence-electron chi connectivity index (χ0n) is 6.39. The van der Waals surface area contributed by atoms with Gasteiger partial charge in [0.15, 0.2) is 0 Å². The molecule has 0 fully saturated rings. The van der Waals surface area contributed by atoms with Crippen LogP contribution in [0.1, 0.15) is 0 Å². The van der Waals surface area contributed by atoms with Crippen molar-refractivity contribution < 1.29 is 69.1 Å². The summed E-state index contributed by atoms with van der Waals surface area (Å²) in [7, 11) is -2.55. The molecule has 1 rings (SSSR count). The van der Waals surface area contributed by atoms with Gasteiger partial charge in [-0.25, -0.2) is 0 Å². The minimum absolute atomic E-state index is 0. The van der Waals surface area contributed by atoms with E-state index in [-0.39, 0.29) is 62.9 Å². The van der Waals surface area contributed by atoms with Gasteiger partial charge in [-0.3, -0.25) is 0 Å². The molecule has 0 unspecified atom stereocenters. The van der Waals surface area contributed by atoms with Crippen molar-refractivity contribution in [2.45, 2.75) is 0 Å². The Hall–Kier alpha value is 0.406. The van der Waals surface area contributed by atoms with Crippen LogP contribution >= 0.6 is 0 Å². The Morgan fingerprint density at radius 1 is 1.17 bits per heavy atom. The number of hydrogen-bond acceptors (Lipinski definition) is 5. The molecule has 0 heterocycles. The smallest absolute Gasteiger partial charge is 0.533 e. The van der Waals surface area contributed by atoms with Crippen LogP contribution in [0.5, 0.6) is 11.5 Å². The molecule has 0 aliphatic carbocycles. The van der Waals surface area contributed by atoms with Crippen molar-refractivity contribution in [3.05, 3.63) is 24.3 Å². The van der Waals surface area contributed by atoms with Crippen molar-refractivity contribution in [2.24, 2.45) is 0 Å². The molecule has 1 N–H and O–H groups in total. The Morgan fingerprint density at radius 3 is 2.08 bits per heavy atom. The van der Waals surface area contributed by atoms with E-state index < -0.39 is 11.0 Å². The fourth-order valence-corrected chi connectivity index (χ4v) is 0.849. The van der Waals surface area contributed by atoms with Crippen LogP contribution in [-0.2, 0) is 19.4 Å². The van der Waals surface area contributed by atoms with Crippen molar-refractivity contribution in [2.75, 3.05) is 0 Å². The first-order valence-corrected chi connectivity index (χ1v) is 3.75. The van der Waals surface area contributed by atoms with E-state index >= 15 is 0 Å². The number of benzene rings is 1. The largest absolute Gasteiger partial charge is 1.00 e. The minimum Gasteiger partial charge on any atom is -0.533 e. The SMILES string of the molecule is O=[S-](=O)Oc1ccc(O)cc1.[K+]. The first-order valence-electron chi connectivity index (χ1n) is 2.75. The van der Waals surface area contributed by atoms with Gasteiger partial charge in [-0.1, -0.05) is 0 Å². The van der Waals surface area contributed by atoms with E-state index in [2.05, 4.69) is 4.18 Å². The van der Waals surface area contributed by atoms with Gasteiger partial charge in [-0.2, -0.15) is 0 Å². The van der Waals surface area contributed by atoms with E-state index in [1.165, 1.54) is 24.3 Å².